The van der Waals surface area contributed by atoms with Gasteiger partial charge >= 0.3 is 6.09 Å². The maximum absolute atomic E-state index is 12.4. The summed E-state index contributed by atoms with van der Waals surface area (Å²) in [4.78, 5) is 13.5. The predicted octanol–water partition coefficient (Wildman–Crippen LogP) is 4.63. The van der Waals surface area contributed by atoms with E-state index in [-0.39, 0.29) is 17.2 Å². The van der Waals surface area contributed by atoms with Crippen molar-refractivity contribution in [3.05, 3.63) is 66.2 Å². The van der Waals surface area contributed by atoms with E-state index in [1.54, 1.807) is 35.3 Å². The van der Waals surface area contributed by atoms with E-state index >= 15 is 0 Å². The largest absolute Gasteiger partial charge is 0.445 e. The summed E-state index contributed by atoms with van der Waals surface area (Å²) in [6.07, 6.45) is 0.0392. The SMILES string of the molecule is O=C(N[C@@H](CSc1ccccc1)[C@@H](O)C1SCCCS1)OCc1ccccc1. The molecule has 3 rings (SSSR count). The number of carbonyl (C=O) groups excluding carboxylic acids is 1. The zero-order chi connectivity index (χ0) is 19.6. The van der Waals surface area contributed by atoms with Crippen molar-refractivity contribution >= 4 is 41.4 Å². The van der Waals surface area contributed by atoms with Crippen LogP contribution in [0.15, 0.2) is 65.6 Å². The normalized spacial score (nSPS) is 16.9. The zero-order valence-electron chi connectivity index (χ0n) is 15.5. The molecule has 1 fully saturated rings. The van der Waals surface area contributed by atoms with Crippen LogP contribution in [0.5, 0.6) is 0 Å². The predicted molar refractivity (Wildman–Crippen MR) is 120 cm³/mol. The molecule has 28 heavy (non-hydrogen) atoms. The van der Waals surface area contributed by atoms with E-state index in [1.807, 2.05) is 60.7 Å². The number of alkyl carbamates (subject to hydrolysis) is 1. The molecule has 0 unspecified atom stereocenters. The highest BCUT2D eigenvalue weighted by atomic mass is 32.2. The Labute approximate surface area is 179 Å². The Kier molecular flexibility index (Phi) is 8.92. The number of rotatable bonds is 8. The average molecular weight is 436 g/mol. The molecule has 1 amide bonds. The summed E-state index contributed by atoms with van der Waals surface area (Å²) in [5.41, 5.74) is 0.937. The van der Waals surface area contributed by atoms with Crippen LogP contribution in [-0.2, 0) is 11.3 Å². The Balaban J connectivity index is 1.58. The quantitative estimate of drug-likeness (QED) is 0.590. The Hall–Kier alpha value is -1.28. The van der Waals surface area contributed by atoms with Crippen molar-refractivity contribution < 1.29 is 14.6 Å². The summed E-state index contributed by atoms with van der Waals surface area (Å²) in [7, 11) is 0. The van der Waals surface area contributed by atoms with Crippen molar-refractivity contribution in [2.45, 2.75) is 34.7 Å². The first-order valence-corrected chi connectivity index (χ1v) is 12.4. The van der Waals surface area contributed by atoms with Crippen LogP contribution in [0.3, 0.4) is 0 Å². The Bertz CT molecular complexity index is 711. The van der Waals surface area contributed by atoms with E-state index in [0.717, 1.165) is 28.4 Å². The number of aliphatic hydroxyl groups excluding tert-OH is 1. The summed E-state index contributed by atoms with van der Waals surface area (Å²) < 4.78 is 5.44. The monoisotopic (exact) mass is 435 g/mol. The molecule has 7 heteroatoms. The molecule has 2 aromatic rings. The third-order valence-corrected chi connectivity index (χ3v) is 8.44. The number of benzene rings is 2. The minimum absolute atomic E-state index is 0.0737. The van der Waals surface area contributed by atoms with Crippen LogP contribution in [0.4, 0.5) is 4.79 Å². The van der Waals surface area contributed by atoms with Gasteiger partial charge in [-0.15, -0.1) is 35.3 Å². The van der Waals surface area contributed by atoms with Gasteiger partial charge in [-0.3, -0.25) is 0 Å². The third kappa shape index (κ3) is 6.95. The lowest BCUT2D eigenvalue weighted by molar-refractivity contribution is 0.113. The van der Waals surface area contributed by atoms with Crippen molar-refractivity contribution in [2.24, 2.45) is 0 Å². The van der Waals surface area contributed by atoms with E-state index in [4.69, 9.17) is 4.74 Å². The molecule has 0 aliphatic carbocycles. The highest BCUT2D eigenvalue weighted by Gasteiger charge is 2.31. The second kappa shape index (κ2) is 11.7. The first-order chi connectivity index (χ1) is 13.7. The average Bonchev–Trinajstić information content (AvgIpc) is 2.76. The van der Waals surface area contributed by atoms with Gasteiger partial charge < -0.3 is 15.2 Å². The molecule has 1 aliphatic rings. The molecule has 1 saturated heterocycles. The molecule has 0 spiro atoms. The standard InChI is InChI=1S/C21H25NO3S3/c23-19(20-26-12-7-13-27-20)18(15-28-17-10-5-2-6-11-17)22-21(24)25-14-16-8-3-1-4-9-16/h1-6,8-11,18-20,23H,7,12-15H2,(H,22,24)/t18-,19+/m0/s1. The number of thioether (sulfide) groups is 3. The minimum Gasteiger partial charge on any atom is -0.445 e. The summed E-state index contributed by atoms with van der Waals surface area (Å²) in [6, 6.07) is 19.2. The van der Waals surface area contributed by atoms with Gasteiger partial charge in [0.1, 0.15) is 6.61 Å². The second-order valence-corrected chi connectivity index (χ2v) is 10.3. The molecule has 0 radical (unpaired) electrons. The lowest BCUT2D eigenvalue weighted by atomic mass is 10.2. The summed E-state index contributed by atoms with van der Waals surface area (Å²) in [5, 5.41) is 13.8. The number of aliphatic hydroxyl groups is 1. The van der Waals surface area contributed by atoms with Gasteiger partial charge in [0.25, 0.3) is 0 Å². The third-order valence-electron chi connectivity index (χ3n) is 4.23. The van der Waals surface area contributed by atoms with E-state index in [2.05, 4.69) is 5.32 Å². The molecule has 2 atom stereocenters. The van der Waals surface area contributed by atoms with E-state index in [9.17, 15) is 9.90 Å². The van der Waals surface area contributed by atoms with E-state index in [0.29, 0.717) is 5.75 Å². The van der Waals surface area contributed by atoms with Gasteiger partial charge in [0.15, 0.2) is 0 Å². The molecule has 0 aromatic heterocycles. The van der Waals surface area contributed by atoms with Gasteiger partial charge in [0, 0.05) is 10.6 Å². The van der Waals surface area contributed by atoms with E-state index in [1.165, 1.54) is 0 Å². The first-order valence-electron chi connectivity index (χ1n) is 9.29. The van der Waals surface area contributed by atoms with Gasteiger partial charge in [-0.25, -0.2) is 4.79 Å². The van der Waals surface area contributed by atoms with Crippen LogP contribution in [0.2, 0.25) is 0 Å². The fourth-order valence-corrected chi connectivity index (χ4v) is 6.74. The number of carbonyl (C=O) groups is 1. The topological polar surface area (TPSA) is 58.6 Å². The van der Waals surface area contributed by atoms with Crippen molar-refractivity contribution in [2.75, 3.05) is 17.3 Å². The Morgan fingerprint density at radius 1 is 1.11 bits per heavy atom. The minimum atomic E-state index is -0.629. The maximum Gasteiger partial charge on any atom is 0.407 e. The van der Waals surface area contributed by atoms with Gasteiger partial charge in [0.05, 0.1) is 16.7 Å². The number of amides is 1. The fraction of sp³-hybridized carbons (Fsp3) is 0.381. The molecule has 150 valence electrons. The number of nitrogens with one attached hydrogen (secondary N) is 1. The van der Waals surface area contributed by atoms with Crippen LogP contribution in [0.25, 0.3) is 0 Å². The van der Waals surface area contributed by atoms with Gasteiger partial charge in [-0.05, 0) is 35.6 Å². The summed E-state index contributed by atoms with van der Waals surface area (Å²) in [5.74, 6) is 2.68. The van der Waals surface area contributed by atoms with Crippen LogP contribution in [-0.4, -0.2) is 45.2 Å². The molecule has 1 aliphatic heterocycles. The summed E-state index contributed by atoms with van der Waals surface area (Å²) in [6.45, 7) is 0.217. The maximum atomic E-state index is 12.4. The number of ether oxygens (including phenoxy) is 1. The van der Waals surface area contributed by atoms with E-state index < -0.39 is 12.2 Å². The lowest BCUT2D eigenvalue weighted by Gasteiger charge is -2.31. The van der Waals surface area contributed by atoms with Crippen LogP contribution >= 0.6 is 35.3 Å². The highest BCUT2D eigenvalue weighted by Crippen LogP contribution is 2.35. The molecule has 2 N–H and O–H groups in total. The molecule has 0 saturated carbocycles. The molecular formula is C21H25NO3S3. The molecular weight excluding hydrogens is 410 g/mol. The van der Waals surface area contributed by atoms with Crippen LogP contribution < -0.4 is 5.32 Å². The van der Waals surface area contributed by atoms with Gasteiger partial charge in [0.2, 0.25) is 0 Å². The molecule has 1 heterocycles. The van der Waals surface area contributed by atoms with Gasteiger partial charge in [-0.1, -0.05) is 48.5 Å². The van der Waals surface area contributed by atoms with Crippen molar-refractivity contribution in [3.8, 4) is 0 Å². The fourth-order valence-electron chi connectivity index (χ4n) is 2.74. The summed E-state index contributed by atoms with van der Waals surface area (Å²) >= 11 is 5.17. The second-order valence-electron chi connectivity index (χ2n) is 6.39. The number of hydrogen-bond acceptors (Lipinski definition) is 6. The lowest BCUT2D eigenvalue weighted by Crippen LogP contribution is -2.49. The van der Waals surface area contributed by atoms with Crippen molar-refractivity contribution in [1.29, 1.82) is 0 Å². The highest BCUT2D eigenvalue weighted by molar-refractivity contribution is 8.17. The molecule has 4 nitrogen and oxygen atoms in total. The van der Waals surface area contributed by atoms with Crippen molar-refractivity contribution in [1.82, 2.24) is 5.32 Å². The number of hydrogen-bond donors (Lipinski definition) is 2. The first kappa shape index (κ1) is 21.4. The van der Waals surface area contributed by atoms with Crippen molar-refractivity contribution in [3.63, 3.8) is 0 Å². The van der Waals surface area contributed by atoms with Gasteiger partial charge in [-0.2, -0.15) is 0 Å². The smallest absolute Gasteiger partial charge is 0.407 e. The molecule has 0 bridgehead atoms. The Morgan fingerprint density at radius 3 is 2.43 bits per heavy atom. The zero-order valence-corrected chi connectivity index (χ0v) is 18.0. The molecule has 2 aromatic carbocycles. The Morgan fingerprint density at radius 2 is 1.75 bits per heavy atom. The van der Waals surface area contributed by atoms with Crippen LogP contribution in [0.1, 0.15) is 12.0 Å². The van der Waals surface area contributed by atoms with Crippen LogP contribution in [0, 0.1) is 0 Å².